The summed E-state index contributed by atoms with van der Waals surface area (Å²) in [5, 5.41) is 21.6. The van der Waals surface area contributed by atoms with Crippen molar-refractivity contribution in [2.45, 2.75) is 12.4 Å². The summed E-state index contributed by atoms with van der Waals surface area (Å²) in [6.07, 6.45) is -0.894. The van der Waals surface area contributed by atoms with Crippen LogP contribution in [0.3, 0.4) is 0 Å². The Hall–Kier alpha value is -1.72. The zero-order chi connectivity index (χ0) is 13.5. The van der Waals surface area contributed by atoms with Crippen LogP contribution in [0.15, 0.2) is 24.3 Å². The zero-order valence-corrected chi connectivity index (χ0v) is 10.7. The van der Waals surface area contributed by atoms with E-state index in [-0.39, 0.29) is 19.7 Å². The van der Waals surface area contributed by atoms with Gasteiger partial charge in [0.2, 0.25) is 0 Å². The van der Waals surface area contributed by atoms with Crippen molar-refractivity contribution < 1.29 is 24.5 Å². The molecule has 0 saturated carbocycles. The summed E-state index contributed by atoms with van der Waals surface area (Å²) in [6, 6.07) is 6.04. The summed E-state index contributed by atoms with van der Waals surface area (Å²) in [5.74, 6) is -2.63. The number of rotatable bonds is 5. The number of nitrogens with one attached hydrogen (secondary N) is 1. The highest BCUT2D eigenvalue weighted by Crippen LogP contribution is 2.10. The lowest BCUT2D eigenvalue weighted by molar-refractivity contribution is -0.305. The summed E-state index contributed by atoms with van der Waals surface area (Å²) in [5.41, 5.74) is 0.656. The Morgan fingerprint density at radius 3 is 2.56 bits per heavy atom. The van der Waals surface area contributed by atoms with Gasteiger partial charge in [0.15, 0.2) is 0 Å². The number of carbonyl (C=O) groups excluding carboxylic acids is 2. The van der Waals surface area contributed by atoms with E-state index >= 15 is 0 Å². The lowest BCUT2D eigenvalue weighted by Crippen LogP contribution is -2.44. The fraction of sp³-hybridized carbons (Fsp3) is 0.200. The minimum Gasteiger partial charge on any atom is -0.547 e. The van der Waals surface area contributed by atoms with Crippen LogP contribution in [-0.4, -0.2) is 23.0 Å². The molecule has 0 aliphatic heterocycles. The van der Waals surface area contributed by atoms with Crippen molar-refractivity contribution in [3.05, 3.63) is 29.8 Å². The van der Waals surface area contributed by atoms with Gasteiger partial charge in [-0.15, -0.1) is 0 Å². The molecule has 1 unspecified atom stereocenters. The average molecular weight is 286 g/mol. The molecule has 0 bridgehead atoms. The zero-order valence-electron chi connectivity index (χ0n) is 9.03. The molecule has 96 valence electrons. The third-order valence-electron chi connectivity index (χ3n) is 1.89. The van der Waals surface area contributed by atoms with Gasteiger partial charge in [0.25, 0.3) is 0 Å². The maximum atomic E-state index is 11.2. The first-order valence-corrected chi connectivity index (χ1v) is 6.75. The Balaban J connectivity index is 2.43. The van der Waals surface area contributed by atoms with E-state index < -0.39 is 17.8 Å². The van der Waals surface area contributed by atoms with Gasteiger partial charge in [-0.2, -0.15) is 0 Å². The molecule has 0 spiro atoms. The van der Waals surface area contributed by atoms with E-state index in [1.165, 1.54) is 12.1 Å². The van der Waals surface area contributed by atoms with Crippen LogP contribution >= 0.6 is 7.36 Å². The number of hydrogen-bond donors (Lipinski definition) is 2. The quantitative estimate of drug-likeness (QED) is 0.745. The van der Waals surface area contributed by atoms with Crippen LogP contribution in [0.4, 0.5) is 4.79 Å². The number of carbonyl (C=O) groups is 2. The number of aromatic hydroxyl groups is 1. The fourth-order valence-electron chi connectivity index (χ4n) is 1.02. The van der Waals surface area contributed by atoms with Crippen molar-refractivity contribution in [1.82, 2.24) is 5.32 Å². The number of alkyl carbamates (subject to hydrolysis) is 1. The first kappa shape index (κ1) is 14.3. The molecule has 18 heavy (non-hydrogen) atoms. The molecule has 1 rings (SSSR count). The normalized spacial score (nSPS) is 11.8. The molecular formula is C10H9NO5PS-. The van der Waals surface area contributed by atoms with Crippen molar-refractivity contribution in [2.24, 2.45) is 0 Å². The van der Waals surface area contributed by atoms with Crippen molar-refractivity contribution in [2.75, 3.05) is 0 Å². The number of ether oxygens (including phenoxy) is 1. The Bertz CT molecular complexity index is 450. The molecular weight excluding hydrogens is 277 g/mol. The largest absolute Gasteiger partial charge is 0.547 e. The summed E-state index contributed by atoms with van der Waals surface area (Å²) < 4.78 is 4.78. The van der Waals surface area contributed by atoms with Gasteiger partial charge in [-0.1, -0.05) is 23.9 Å². The van der Waals surface area contributed by atoms with Gasteiger partial charge < -0.3 is 25.1 Å². The van der Waals surface area contributed by atoms with E-state index in [1.807, 2.05) is 0 Å². The van der Waals surface area contributed by atoms with Crippen LogP contribution in [-0.2, 0) is 27.9 Å². The second kappa shape index (κ2) is 6.88. The standard InChI is InChI=1S/C10H10NO5PS/c12-7-3-1-6(2-4-7)5-16-10(15)11-8(17-18)9(13)14/h1-4,8,12H,5H2,(H,11,15)(H,13,14)/p-1. The molecule has 0 heterocycles. The second-order valence-corrected chi connectivity index (χ2v) is 4.57. The molecule has 0 fully saturated rings. The maximum absolute atomic E-state index is 11.2. The van der Waals surface area contributed by atoms with Gasteiger partial charge in [-0.05, 0) is 17.7 Å². The first-order chi connectivity index (χ1) is 8.52. The Morgan fingerprint density at radius 1 is 1.44 bits per heavy atom. The van der Waals surface area contributed by atoms with Crippen LogP contribution in [0.2, 0.25) is 0 Å². The van der Waals surface area contributed by atoms with Crippen LogP contribution in [0.5, 0.6) is 5.75 Å². The van der Waals surface area contributed by atoms with Gasteiger partial charge >= 0.3 is 6.09 Å². The highest BCUT2D eigenvalue weighted by Gasteiger charge is 2.11. The van der Waals surface area contributed by atoms with E-state index in [0.717, 1.165) is 0 Å². The smallest absolute Gasteiger partial charge is 0.408 e. The number of benzene rings is 1. The Kier molecular flexibility index (Phi) is 5.48. The highest BCUT2D eigenvalue weighted by molar-refractivity contribution is 7.97. The lowest BCUT2D eigenvalue weighted by atomic mass is 10.2. The lowest BCUT2D eigenvalue weighted by Gasteiger charge is -2.14. The molecule has 0 aromatic heterocycles. The predicted molar refractivity (Wildman–Crippen MR) is 64.5 cm³/mol. The van der Waals surface area contributed by atoms with Crippen LogP contribution in [0.25, 0.3) is 0 Å². The minimum atomic E-state index is -1.46. The number of aliphatic carboxylic acids is 1. The van der Waals surface area contributed by atoms with Gasteiger partial charge in [0.05, 0.1) is 5.97 Å². The number of carboxylic acid groups (broad SMARTS) is 1. The van der Waals surface area contributed by atoms with Crippen LogP contribution in [0, 0.1) is 0 Å². The van der Waals surface area contributed by atoms with Crippen molar-refractivity contribution in [3.8, 4) is 5.75 Å². The van der Waals surface area contributed by atoms with E-state index in [2.05, 4.69) is 17.1 Å². The molecule has 1 aromatic rings. The fourth-order valence-corrected chi connectivity index (χ4v) is 1.68. The molecule has 1 aromatic carbocycles. The predicted octanol–water partition coefficient (Wildman–Crippen LogP) is 0.102. The van der Waals surface area contributed by atoms with Crippen molar-refractivity contribution >= 4 is 31.2 Å². The van der Waals surface area contributed by atoms with E-state index in [0.29, 0.717) is 5.56 Å². The molecule has 1 amide bonds. The molecule has 2 N–H and O–H groups in total. The number of phenols is 1. The first-order valence-electron chi connectivity index (χ1n) is 4.77. The topological polar surface area (TPSA) is 98.7 Å². The van der Waals surface area contributed by atoms with Crippen LogP contribution < -0.4 is 10.4 Å². The van der Waals surface area contributed by atoms with E-state index in [1.54, 1.807) is 12.1 Å². The van der Waals surface area contributed by atoms with E-state index in [9.17, 15) is 14.7 Å². The maximum Gasteiger partial charge on any atom is 0.408 e. The summed E-state index contributed by atoms with van der Waals surface area (Å²) in [6.45, 7) is -0.0415. The molecule has 0 saturated heterocycles. The van der Waals surface area contributed by atoms with Gasteiger partial charge in [-0.25, -0.2) is 4.79 Å². The average Bonchev–Trinajstić information content (AvgIpc) is 2.35. The summed E-state index contributed by atoms with van der Waals surface area (Å²) in [7, 11) is 0.0369. The minimum absolute atomic E-state index is 0.0369. The number of phenolic OH excluding ortho intramolecular Hbond substituents is 1. The highest BCUT2D eigenvalue weighted by atomic mass is 32.4. The molecule has 0 aliphatic rings. The second-order valence-electron chi connectivity index (χ2n) is 3.21. The summed E-state index contributed by atoms with van der Waals surface area (Å²) >= 11 is 4.51. The third-order valence-corrected chi connectivity index (χ3v) is 3.07. The van der Waals surface area contributed by atoms with Gasteiger partial charge in [0.1, 0.15) is 18.1 Å². The molecule has 0 aliphatic carbocycles. The van der Waals surface area contributed by atoms with E-state index in [4.69, 9.17) is 9.84 Å². The summed E-state index contributed by atoms with van der Waals surface area (Å²) in [4.78, 5) is 21.7. The van der Waals surface area contributed by atoms with Crippen molar-refractivity contribution in [3.63, 3.8) is 0 Å². The molecule has 6 nitrogen and oxygen atoms in total. The van der Waals surface area contributed by atoms with Gasteiger partial charge in [0, 0.05) is 7.36 Å². The van der Waals surface area contributed by atoms with Crippen molar-refractivity contribution in [1.29, 1.82) is 0 Å². The molecule has 8 heteroatoms. The molecule has 0 radical (unpaired) electrons. The SMILES string of the molecule is O=C(NC(P=S)C(=O)[O-])OCc1ccc(O)cc1. The Labute approximate surface area is 109 Å². The molecule has 1 atom stereocenters. The van der Waals surface area contributed by atoms with Crippen LogP contribution in [0.1, 0.15) is 5.56 Å². The number of carboxylic acids is 1. The number of amides is 1. The third kappa shape index (κ3) is 4.65. The monoisotopic (exact) mass is 286 g/mol. The Morgan fingerprint density at radius 2 is 2.06 bits per heavy atom. The van der Waals surface area contributed by atoms with Gasteiger partial charge in [-0.3, -0.25) is 0 Å². The number of hydrogen-bond acceptors (Lipinski definition) is 6.